The van der Waals surface area contributed by atoms with Crippen LogP contribution in [-0.2, 0) is 17.6 Å². The molecule has 0 unspecified atom stereocenters. The number of rotatable bonds is 3. The van der Waals surface area contributed by atoms with Crippen molar-refractivity contribution in [2.24, 2.45) is 0 Å². The Labute approximate surface area is 96.8 Å². The van der Waals surface area contributed by atoms with Crippen molar-refractivity contribution in [3.63, 3.8) is 0 Å². The van der Waals surface area contributed by atoms with Gasteiger partial charge in [0.05, 0.1) is 22.6 Å². The number of fused-ring (bicyclic) bond motifs is 1. The fourth-order valence-electron chi connectivity index (χ4n) is 2.01. The summed E-state index contributed by atoms with van der Waals surface area (Å²) in [5.74, 6) is -0.997. The van der Waals surface area contributed by atoms with E-state index in [0.717, 1.165) is 0 Å². The zero-order valence-corrected chi connectivity index (χ0v) is 9.25. The lowest BCUT2D eigenvalue weighted by Gasteiger charge is -2.07. The Kier molecular flexibility index (Phi) is 2.79. The Morgan fingerprint density at radius 1 is 1.59 bits per heavy atom. The van der Waals surface area contributed by atoms with Crippen LogP contribution in [0.3, 0.4) is 0 Å². The predicted octanol–water partition coefficient (Wildman–Crippen LogP) is 2.18. The molecule has 2 rings (SSSR count). The van der Waals surface area contributed by atoms with E-state index in [1.807, 2.05) is 6.92 Å². The number of hydrogen-bond acceptors (Lipinski definition) is 3. The Bertz CT molecular complexity index is 514. The number of anilines is 1. The summed E-state index contributed by atoms with van der Waals surface area (Å²) in [5.41, 5.74) is 0.293. The van der Waals surface area contributed by atoms with Gasteiger partial charge in [0.25, 0.3) is 5.69 Å². The van der Waals surface area contributed by atoms with Crippen molar-refractivity contribution >= 4 is 17.3 Å². The summed E-state index contributed by atoms with van der Waals surface area (Å²) in [5, 5.41) is 13.3. The maximum atomic E-state index is 14.0. The van der Waals surface area contributed by atoms with E-state index in [1.165, 1.54) is 6.07 Å². The molecule has 1 amide bonds. The lowest BCUT2D eigenvalue weighted by atomic mass is 10.0. The highest BCUT2D eigenvalue weighted by molar-refractivity contribution is 5.99. The first-order valence-electron chi connectivity index (χ1n) is 5.33. The highest BCUT2D eigenvalue weighted by Gasteiger charge is 2.29. The van der Waals surface area contributed by atoms with Crippen LogP contribution in [-0.4, -0.2) is 10.8 Å². The molecule has 0 saturated heterocycles. The van der Waals surface area contributed by atoms with Gasteiger partial charge in [-0.1, -0.05) is 13.3 Å². The summed E-state index contributed by atoms with van der Waals surface area (Å²) in [6.45, 7) is 1.81. The van der Waals surface area contributed by atoms with Crippen molar-refractivity contribution in [3.05, 3.63) is 33.1 Å². The second kappa shape index (κ2) is 4.12. The molecular weight excluding hydrogens is 227 g/mol. The first kappa shape index (κ1) is 11.5. The summed E-state index contributed by atoms with van der Waals surface area (Å²) in [6.07, 6.45) is 0.884. The highest BCUT2D eigenvalue weighted by atomic mass is 19.1. The van der Waals surface area contributed by atoms with Gasteiger partial charge in [-0.25, -0.2) is 4.39 Å². The molecule has 90 valence electrons. The number of carbonyl (C=O) groups excluding carboxylic acids is 1. The Hall–Kier alpha value is -1.98. The largest absolute Gasteiger partial charge is 0.323 e. The van der Waals surface area contributed by atoms with Crippen molar-refractivity contribution in [2.45, 2.75) is 26.2 Å². The minimum Gasteiger partial charge on any atom is -0.323 e. The number of amides is 1. The molecule has 17 heavy (non-hydrogen) atoms. The lowest BCUT2D eigenvalue weighted by molar-refractivity contribution is -0.385. The van der Waals surface area contributed by atoms with Gasteiger partial charge in [0.15, 0.2) is 5.82 Å². The molecule has 6 heteroatoms. The van der Waals surface area contributed by atoms with Crippen LogP contribution in [0.2, 0.25) is 0 Å². The summed E-state index contributed by atoms with van der Waals surface area (Å²) < 4.78 is 14.0. The van der Waals surface area contributed by atoms with Crippen LogP contribution < -0.4 is 5.32 Å². The van der Waals surface area contributed by atoms with Gasteiger partial charge in [-0.3, -0.25) is 14.9 Å². The monoisotopic (exact) mass is 238 g/mol. The zero-order valence-electron chi connectivity index (χ0n) is 9.25. The number of benzene rings is 1. The molecule has 0 aromatic heterocycles. The van der Waals surface area contributed by atoms with Gasteiger partial charge < -0.3 is 5.32 Å². The zero-order chi connectivity index (χ0) is 12.6. The number of carbonyl (C=O) groups is 1. The summed E-state index contributed by atoms with van der Waals surface area (Å²) in [7, 11) is 0. The van der Waals surface area contributed by atoms with Crippen molar-refractivity contribution in [3.8, 4) is 0 Å². The number of hydrogen-bond donors (Lipinski definition) is 1. The van der Waals surface area contributed by atoms with E-state index in [4.69, 9.17) is 0 Å². The smallest absolute Gasteiger partial charge is 0.275 e. The van der Waals surface area contributed by atoms with E-state index in [0.29, 0.717) is 12.0 Å². The average Bonchev–Trinajstić information content (AvgIpc) is 2.63. The molecule has 5 nitrogen and oxygen atoms in total. The quantitative estimate of drug-likeness (QED) is 0.648. The van der Waals surface area contributed by atoms with Crippen LogP contribution in [0.4, 0.5) is 15.8 Å². The summed E-state index contributed by atoms with van der Waals surface area (Å²) in [4.78, 5) is 21.4. The van der Waals surface area contributed by atoms with Gasteiger partial charge in [0, 0.05) is 6.07 Å². The molecule has 0 saturated carbocycles. The normalized spacial score (nSPS) is 13.4. The van der Waals surface area contributed by atoms with Gasteiger partial charge in [-0.15, -0.1) is 0 Å². The maximum absolute atomic E-state index is 14.0. The summed E-state index contributed by atoms with van der Waals surface area (Å²) in [6, 6.07) is 1.29. The van der Waals surface area contributed by atoms with Crippen LogP contribution in [0.25, 0.3) is 0 Å². The molecule has 0 spiro atoms. The molecule has 1 aromatic carbocycles. The number of nitrogens with one attached hydrogen (secondary N) is 1. The predicted molar refractivity (Wildman–Crippen MR) is 59.4 cm³/mol. The molecule has 0 radical (unpaired) electrons. The topological polar surface area (TPSA) is 72.2 Å². The Balaban J connectivity index is 2.62. The molecule has 1 aliphatic heterocycles. The van der Waals surface area contributed by atoms with E-state index in [1.54, 1.807) is 0 Å². The minimum absolute atomic E-state index is 0.000498. The van der Waals surface area contributed by atoms with Gasteiger partial charge >= 0.3 is 0 Å². The second-order valence-corrected chi connectivity index (χ2v) is 3.95. The fourth-order valence-corrected chi connectivity index (χ4v) is 2.01. The molecular formula is C11H11FN2O3. The molecule has 1 N–H and O–H groups in total. The maximum Gasteiger partial charge on any atom is 0.275 e. The van der Waals surface area contributed by atoms with Crippen LogP contribution in [0, 0.1) is 15.9 Å². The van der Waals surface area contributed by atoms with Gasteiger partial charge in [-0.2, -0.15) is 0 Å². The SMILES string of the molecule is CCCc1c([N+](=O)[O-])cc2c(c1F)NC(=O)C2. The van der Waals surface area contributed by atoms with Crippen LogP contribution in [0.5, 0.6) is 0 Å². The van der Waals surface area contributed by atoms with E-state index >= 15 is 0 Å². The summed E-state index contributed by atoms with van der Waals surface area (Å²) >= 11 is 0. The molecule has 1 heterocycles. The molecule has 0 fully saturated rings. The number of nitro benzene ring substituents is 1. The van der Waals surface area contributed by atoms with E-state index < -0.39 is 10.7 Å². The molecule has 1 aliphatic rings. The van der Waals surface area contributed by atoms with Crippen LogP contribution in [0.1, 0.15) is 24.5 Å². The fraction of sp³-hybridized carbons (Fsp3) is 0.364. The number of halogens is 1. The average molecular weight is 238 g/mol. The Morgan fingerprint density at radius 3 is 2.88 bits per heavy atom. The van der Waals surface area contributed by atoms with Crippen molar-refractivity contribution in [2.75, 3.05) is 5.32 Å². The standard InChI is InChI=1S/C11H11FN2O3/c1-2-3-7-8(14(16)17)4-6-5-9(15)13-11(6)10(7)12/h4H,2-3,5H2,1H3,(H,13,15). The van der Waals surface area contributed by atoms with E-state index in [9.17, 15) is 19.3 Å². The van der Waals surface area contributed by atoms with Gasteiger partial charge in [-0.05, 0) is 12.0 Å². The molecule has 0 aliphatic carbocycles. The third-order valence-corrected chi connectivity index (χ3v) is 2.74. The van der Waals surface area contributed by atoms with Crippen LogP contribution in [0.15, 0.2) is 6.07 Å². The van der Waals surface area contributed by atoms with Crippen molar-refractivity contribution in [1.82, 2.24) is 0 Å². The minimum atomic E-state index is -0.665. The highest BCUT2D eigenvalue weighted by Crippen LogP contribution is 2.35. The van der Waals surface area contributed by atoms with E-state index in [2.05, 4.69) is 5.32 Å². The second-order valence-electron chi connectivity index (χ2n) is 3.95. The lowest BCUT2D eigenvalue weighted by Crippen LogP contribution is -2.06. The first-order valence-corrected chi connectivity index (χ1v) is 5.33. The Morgan fingerprint density at radius 2 is 2.29 bits per heavy atom. The molecule has 1 aromatic rings. The molecule has 0 atom stereocenters. The van der Waals surface area contributed by atoms with E-state index in [-0.39, 0.29) is 35.7 Å². The number of nitro groups is 1. The number of nitrogens with zero attached hydrogens (tertiary/aromatic N) is 1. The van der Waals surface area contributed by atoms with Gasteiger partial charge in [0.1, 0.15) is 0 Å². The van der Waals surface area contributed by atoms with Gasteiger partial charge in [0.2, 0.25) is 5.91 Å². The molecule has 0 bridgehead atoms. The van der Waals surface area contributed by atoms with Crippen LogP contribution >= 0.6 is 0 Å². The third kappa shape index (κ3) is 1.86. The third-order valence-electron chi connectivity index (χ3n) is 2.74. The van der Waals surface area contributed by atoms with Crippen molar-refractivity contribution < 1.29 is 14.1 Å². The van der Waals surface area contributed by atoms with Crippen molar-refractivity contribution in [1.29, 1.82) is 0 Å². The first-order chi connectivity index (χ1) is 8.04.